The van der Waals surface area contributed by atoms with Crippen molar-refractivity contribution >= 4 is 23.5 Å². The molecular weight excluding hydrogens is 498 g/mol. The Morgan fingerprint density at radius 2 is 2.05 bits per heavy atom. The van der Waals surface area contributed by atoms with Crippen LogP contribution >= 0.6 is 11.3 Å². The van der Waals surface area contributed by atoms with E-state index < -0.39 is 13.2 Å². The van der Waals surface area contributed by atoms with Crippen LogP contribution in [0.2, 0.25) is 6.82 Å². The lowest BCUT2D eigenvalue weighted by Gasteiger charge is -2.44. The molecule has 2 aliphatic rings. The predicted molar refractivity (Wildman–Crippen MR) is 140 cm³/mol. The second kappa shape index (κ2) is 10.9. The number of fused-ring (bicyclic) bond motifs is 2. The van der Waals surface area contributed by atoms with E-state index in [1.165, 1.54) is 17.7 Å². The van der Waals surface area contributed by atoms with E-state index in [1.807, 2.05) is 35.0 Å². The zero-order valence-corrected chi connectivity index (χ0v) is 22.1. The first-order chi connectivity index (χ1) is 17.9. The normalized spacial score (nSPS) is 23.2. The van der Waals surface area contributed by atoms with E-state index in [0.29, 0.717) is 33.9 Å². The first-order valence-electron chi connectivity index (χ1n) is 12.2. The van der Waals surface area contributed by atoms with E-state index in [9.17, 15) is 5.02 Å². The summed E-state index contributed by atoms with van der Waals surface area (Å²) in [6.45, 7) is 1.78. The van der Waals surface area contributed by atoms with Crippen LogP contribution in [0.25, 0.3) is 21.8 Å². The van der Waals surface area contributed by atoms with Crippen molar-refractivity contribution in [3.05, 3.63) is 30.6 Å². The maximum atomic E-state index is 15.6. The molecule has 2 aromatic heterocycles. The van der Waals surface area contributed by atoms with Gasteiger partial charge in [0.1, 0.15) is 18.2 Å². The maximum absolute atomic E-state index is 15.6. The number of anilines is 1. The summed E-state index contributed by atoms with van der Waals surface area (Å²) in [4.78, 5) is 12.2. The molecule has 2 aliphatic heterocycles. The van der Waals surface area contributed by atoms with Crippen LogP contribution in [-0.2, 0) is 4.74 Å². The zero-order chi connectivity index (χ0) is 26.1. The van der Waals surface area contributed by atoms with Gasteiger partial charge >= 0.3 is 7.05 Å². The smallest absolute Gasteiger partial charge is 0.376 e. The number of aromatic nitrogens is 4. The van der Waals surface area contributed by atoms with Crippen molar-refractivity contribution in [2.45, 2.75) is 50.4 Å². The van der Waals surface area contributed by atoms with E-state index >= 15 is 4.39 Å². The second-order valence-electron chi connectivity index (χ2n) is 9.33. The standard InChI is InChI=1S/C24H30BFN6O4S/c1-25(33)32-15-6-8-18(32)22(26)19(10-15)31(2)24-30-29-23(37-24)16-7-5-14(9-20(16)36-13-34-3)17-11-21(35-4)28-12-27-17/h5,7,9,11-12,15,18-19,22,33H,6,8,10,13H2,1-4H3/t15?,18?,19-,22+/m1/s1. The lowest BCUT2D eigenvalue weighted by atomic mass is 9.78. The number of piperidine rings is 1. The quantitative estimate of drug-likeness (QED) is 0.329. The average molecular weight is 528 g/mol. The van der Waals surface area contributed by atoms with Gasteiger partial charge in [-0.25, -0.2) is 14.4 Å². The number of benzene rings is 1. The Balaban J connectivity index is 1.40. The highest BCUT2D eigenvalue weighted by Gasteiger charge is 2.51. The monoisotopic (exact) mass is 528 g/mol. The Bertz CT molecular complexity index is 1240. The second-order valence-corrected chi connectivity index (χ2v) is 10.3. The lowest BCUT2D eigenvalue weighted by molar-refractivity contribution is 0.0515. The minimum absolute atomic E-state index is 0.0588. The maximum Gasteiger partial charge on any atom is 0.376 e. The SMILES string of the molecule is COCOc1cc(-c2cc(OC)ncn2)ccc1-c1nnc(N(C)[C@@H]2CC3CCC([C@@H]2F)N3B(C)O)s1. The summed E-state index contributed by atoms with van der Waals surface area (Å²) in [6, 6.07) is 6.99. The van der Waals surface area contributed by atoms with Gasteiger partial charge in [0.2, 0.25) is 11.0 Å². The van der Waals surface area contributed by atoms with Crippen molar-refractivity contribution in [1.82, 2.24) is 25.0 Å². The molecule has 1 aromatic carbocycles. The van der Waals surface area contributed by atoms with E-state index in [2.05, 4.69) is 20.2 Å². The van der Waals surface area contributed by atoms with Crippen LogP contribution in [0.3, 0.4) is 0 Å². The minimum Gasteiger partial charge on any atom is -0.481 e. The molecule has 13 heteroatoms. The summed E-state index contributed by atoms with van der Waals surface area (Å²) in [6.07, 6.45) is 2.64. The number of methoxy groups -OCH3 is 2. The molecule has 37 heavy (non-hydrogen) atoms. The molecule has 2 fully saturated rings. The largest absolute Gasteiger partial charge is 0.481 e. The van der Waals surface area contributed by atoms with Gasteiger partial charge in [0.25, 0.3) is 0 Å². The number of nitrogens with zero attached hydrogens (tertiary/aromatic N) is 6. The fraction of sp³-hybridized carbons (Fsp3) is 0.500. The van der Waals surface area contributed by atoms with Crippen molar-refractivity contribution in [3.63, 3.8) is 0 Å². The average Bonchev–Trinajstić information content (AvgIpc) is 3.54. The highest BCUT2D eigenvalue weighted by molar-refractivity contribution is 7.18. The molecule has 1 N–H and O–H groups in total. The van der Waals surface area contributed by atoms with Crippen molar-refractivity contribution in [1.29, 1.82) is 0 Å². The summed E-state index contributed by atoms with van der Waals surface area (Å²) in [5, 5.41) is 20.2. The molecule has 2 unspecified atom stereocenters. The van der Waals surface area contributed by atoms with Gasteiger partial charge in [0.05, 0.1) is 24.4 Å². The van der Waals surface area contributed by atoms with Gasteiger partial charge in [-0.2, -0.15) is 0 Å². The lowest BCUT2D eigenvalue weighted by Crippen LogP contribution is -2.60. The zero-order valence-electron chi connectivity index (χ0n) is 21.2. The topological polar surface area (TPSA) is 106 Å². The van der Waals surface area contributed by atoms with Gasteiger partial charge in [-0.05, 0) is 38.2 Å². The molecule has 0 aliphatic carbocycles. The van der Waals surface area contributed by atoms with Crippen LogP contribution in [0.5, 0.6) is 11.6 Å². The predicted octanol–water partition coefficient (Wildman–Crippen LogP) is 3.14. The molecule has 0 spiro atoms. The summed E-state index contributed by atoms with van der Waals surface area (Å²) in [7, 11) is 4.33. The highest BCUT2D eigenvalue weighted by atomic mass is 32.1. The molecule has 0 radical (unpaired) electrons. The van der Waals surface area contributed by atoms with Gasteiger partial charge in [0.15, 0.2) is 11.8 Å². The summed E-state index contributed by atoms with van der Waals surface area (Å²) in [5.41, 5.74) is 2.25. The third-order valence-corrected chi connectivity index (χ3v) is 8.23. The number of halogens is 1. The molecule has 0 amide bonds. The molecule has 4 heterocycles. The van der Waals surface area contributed by atoms with Crippen LogP contribution in [0, 0.1) is 0 Å². The molecular formula is C24H30BFN6O4S. The molecule has 196 valence electrons. The van der Waals surface area contributed by atoms with Crippen molar-refractivity contribution in [2.24, 2.45) is 0 Å². The molecule has 4 atom stereocenters. The Labute approximate surface area is 219 Å². The number of alkyl halides is 1. The molecule has 5 rings (SSSR count). The van der Waals surface area contributed by atoms with Crippen molar-refractivity contribution in [3.8, 4) is 33.5 Å². The molecule has 10 nitrogen and oxygen atoms in total. The Hall–Kier alpha value is -2.87. The van der Waals surface area contributed by atoms with Gasteiger partial charge in [-0.15, -0.1) is 10.2 Å². The molecule has 2 bridgehead atoms. The first kappa shape index (κ1) is 25.8. The Kier molecular flexibility index (Phi) is 7.56. The number of hydrogen-bond donors (Lipinski definition) is 1. The first-order valence-corrected chi connectivity index (χ1v) is 13.0. The van der Waals surface area contributed by atoms with E-state index in [-0.39, 0.29) is 24.9 Å². The van der Waals surface area contributed by atoms with Crippen molar-refractivity contribution in [2.75, 3.05) is 33.0 Å². The summed E-state index contributed by atoms with van der Waals surface area (Å²) < 4.78 is 31.8. The van der Waals surface area contributed by atoms with Gasteiger partial charge in [-0.3, -0.25) is 0 Å². The van der Waals surface area contributed by atoms with Gasteiger partial charge < -0.3 is 28.9 Å². The van der Waals surface area contributed by atoms with Crippen molar-refractivity contribution < 1.29 is 23.6 Å². The third kappa shape index (κ3) is 5.00. The van der Waals surface area contributed by atoms with Crippen LogP contribution < -0.4 is 14.4 Å². The summed E-state index contributed by atoms with van der Waals surface area (Å²) >= 11 is 1.38. The van der Waals surface area contributed by atoms with Crippen LogP contribution in [-0.4, -0.2) is 89.4 Å². The number of ether oxygens (including phenoxy) is 3. The Morgan fingerprint density at radius 1 is 1.22 bits per heavy atom. The molecule has 0 saturated carbocycles. The van der Waals surface area contributed by atoms with Crippen LogP contribution in [0.15, 0.2) is 30.6 Å². The van der Waals surface area contributed by atoms with Crippen LogP contribution in [0.1, 0.15) is 19.3 Å². The van der Waals surface area contributed by atoms with E-state index in [1.54, 1.807) is 27.1 Å². The molecule has 3 aromatic rings. The van der Waals surface area contributed by atoms with Crippen LogP contribution in [0.4, 0.5) is 9.52 Å². The van der Waals surface area contributed by atoms with E-state index in [4.69, 9.17) is 14.2 Å². The van der Waals surface area contributed by atoms with E-state index in [0.717, 1.165) is 24.0 Å². The third-order valence-electron chi connectivity index (χ3n) is 7.19. The summed E-state index contributed by atoms with van der Waals surface area (Å²) in [5.74, 6) is 1.03. The number of hydrogen-bond acceptors (Lipinski definition) is 11. The number of rotatable bonds is 9. The fourth-order valence-corrected chi connectivity index (χ4v) is 6.33. The highest BCUT2D eigenvalue weighted by Crippen LogP contribution is 2.42. The van der Waals surface area contributed by atoms with Gasteiger partial charge in [-0.1, -0.05) is 17.4 Å². The Morgan fingerprint density at radius 3 is 2.81 bits per heavy atom. The molecule has 2 saturated heterocycles. The minimum atomic E-state index is -1.09. The van der Waals surface area contributed by atoms with Gasteiger partial charge in [0, 0.05) is 37.9 Å². The fourth-order valence-electron chi connectivity index (χ4n) is 5.43.